The first-order chi connectivity index (χ1) is 26.6. The lowest BCUT2D eigenvalue weighted by atomic mass is 9.78. The first kappa shape index (κ1) is 34.6. The maximum absolute atomic E-state index is 3.92. The van der Waals surface area contributed by atoms with E-state index in [1.807, 2.05) is 0 Å². The van der Waals surface area contributed by atoms with Crippen molar-refractivity contribution in [1.29, 1.82) is 0 Å². The predicted molar refractivity (Wildman–Crippen MR) is 236 cm³/mol. The van der Waals surface area contributed by atoms with Crippen molar-refractivity contribution in [1.82, 2.24) is 0 Å². The molecule has 1 heteroatoms. The fourth-order valence-corrected chi connectivity index (χ4v) is 8.70. The first-order valence-corrected chi connectivity index (χ1v) is 19.5. The van der Waals surface area contributed by atoms with Crippen LogP contribution in [0.2, 0.25) is 0 Å². The van der Waals surface area contributed by atoms with E-state index in [-0.39, 0.29) is 10.8 Å². The number of benzene rings is 8. The molecule has 0 saturated heterocycles. The van der Waals surface area contributed by atoms with E-state index < -0.39 is 0 Å². The third-order valence-corrected chi connectivity index (χ3v) is 11.8. The van der Waals surface area contributed by atoms with Gasteiger partial charge in [0.1, 0.15) is 0 Å². The lowest BCUT2D eigenvalue weighted by Crippen LogP contribution is -2.17. The predicted octanol–water partition coefficient (Wildman–Crippen LogP) is 15.2. The second kappa shape index (κ2) is 13.3. The number of rotatable bonds is 6. The average Bonchev–Trinajstić information content (AvgIpc) is 3.43. The smallest absolute Gasteiger partial charge is 0.0464 e. The third-order valence-electron chi connectivity index (χ3n) is 11.8. The summed E-state index contributed by atoms with van der Waals surface area (Å²) in [6, 6.07) is 62.6. The zero-order valence-electron chi connectivity index (χ0n) is 32.7. The molecule has 1 aliphatic carbocycles. The second-order valence-corrected chi connectivity index (χ2v) is 16.7. The lowest BCUT2D eigenvalue weighted by molar-refractivity contribution is 0.584. The molecule has 8 aromatic carbocycles. The Kier molecular flexibility index (Phi) is 8.35. The van der Waals surface area contributed by atoms with E-state index in [4.69, 9.17) is 0 Å². The van der Waals surface area contributed by atoms with E-state index in [0.29, 0.717) is 0 Å². The molecule has 0 heterocycles. The number of fused-ring (bicyclic) bond motifs is 4. The van der Waals surface area contributed by atoms with Gasteiger partial charge in [-0.3, -0.25) is 0 Å². The molecule has 0 radical (unpaired) electrons. The maximum Gasteiger partial charge on any atom is 0.0464 e. The molecule has 0 bridgehead atoms. The number of aryl methyl sites for hydroxylation is 1. The van der Waals surface area contributed by atoms with Crippen molar-refractivity contribution >= 4 is 22.1 Å². The van der Waals surface area contributed by atoms with Gasteiger partial charge in [0.25, 0.3) is 0 Å². The van der Waals surface area contributed by atoms with Crippen LogP contribution in [0.15, 0.2) is 170 Å². The molecule has 0 amide bonds. The molecule has 55 heavy (non-hydrogen) atoms. The van der Waals surface area contributed by atoms with Gasteiger partial charge in [0.2, 0.25) is 0 Å². The minimum Gasteiger partial charge on any atom is -0.355 e. The summed E-state index contributed by atoms with van der Waals surface area (Å²) in [5, 5.41) is 6.45. The van der Waals surface area contributed by atoms with Crippen molar-refractivity contribution in [2.24, 2.45) is 0 Å². The number of hydrogen-bond acceptors (Lipinski definition) is 1. The normalized spacial score (nSPS) is 13.1. The lowest BCUT2D eigenvalue weighted by Gasteiger charge is -2.26. The average molecular weight is 710 g/mol. The molecule has 0 spiro atoms. The summed E-state index contributed by atoms with van der Waals surface area (Å²) >= 11 is 0. The molecule has 0 fully saturated rings. The molecule has 0 aromatic heterocycles. The highest BCUT2D eigenvalue weighted by Gasteiger charge is 2.39. The van der Waals surface area contributed by atoms with Crippen LogP contribution < -0.4 is 5.32 Å². The zero-order valence-corrected chi connectivity index (χ0v) is 32.7. The van der Waals surface area contributed by atoms with Crippen LogP contribution in [0, 0.1) is 6.92 Å². The quantitative estimate of drug-likeness (QED) is 0.181. The summed E-state index contributed by atoms with van der Waals surface area (Å²) in [4.78, 5) is 0. The molecule has 1 aliphatic rings. The van der Waals surface area contributed by atoms with E-state index >= 15 is 0 Å². The Balaban J connectivity index is 1.27. The number of hydrogen-bond donors (Lipinski definition) is 1. The second-order valence-electron chi connectivity index (χ2n) is 16.7. The van der Waals surface area contributed by atoms with E-state index in [0.717, 1.165) is 11.4 Å². The summed E-state index contributed by atoms with van der Waals surface area (Å²) in [6.07, 6.45) is 0. The van der Waals surface area contributed by atoms with Crippen molar-refractivity contribution in [2.75, 3.05) is 5.32 Å². The number of nitrogens with one attached hydrogen (secondary N) is 1. The van der Waals surface area contributed by atoms with Crippen LogP contribution in [0.25, 0.3) is 66.4 Å². The molecule has 1 N–H and O–H groups in total. The molecule has 268 valence electrons. The minimum atomic E-state index is -0.194. The number of para-hydroxylation sites is 2. The Labute approximate surface area is 326 Å². The summed E-state index contributed by atoms with van der Waals surface area (Å²) in [5.74, 6) is 0. The van der Waals surface area contributed by atoms with Gasteiger partial charge < -0.3 is 5.32 Å². The molecule has 0 atom stereocenters. The van der Waals surface area contributed by atoms with Crippen molar-refractivity contribution < 1.29 is 0 Å². The van der Waals surface area contributed by atoms with Gasteiger partial charge in [0.15, 0.2) is 0 Å². The summed E-state index contributed by atoms with van der Waals surface area (Å²) < 4.78 is 0. The van der Waals surface area contributed by atoms with Crippen LogP contribution >= 0.6 is 0 Å². The Bertz CT molecular complexity index is 2740. The van der Waals surface area contributed by atoms with Crippen LogP contribution in [0.1, 0.15) is 56.9 Å². The topological polar surface area (TPSA) is 12.0 Å². The standard InChI is InChI=1S/C54H47N/c1-35-27-28-38(42-24-16-20-36-19-10-11-21-41(36)42)31-46(35)39-32-47(52-45-30-29-40(53(2,3)4)34-48(45)54(5,6)49(52)33-39)44-23-13-15-26-51(44)55-50-25-14-12-22-43(50)37-17-8-7-9-18-37/h7-34,55H,1-6H3. The molecule has 1 nitrogen and oxygen atoms in total. The van der Waals surface area contributed by atoms with Gasteiger partial charge in [0.05, 0.1) is 0 Å². The van der Waals surface area contributed by atoms with Crippen molar-refractivity contribution in [3.63, 3.8) is 0 Å². The molecule has 0 unspecified atom stereocenters. The van der Waals surface area contributed by atoms with Gasteiger partial charge in [-0.2, -0.15) is 0 Å². The third kappa shape index (κ3) is 6.05. The van der Waals surface area contributed by atoms with Crippen LogP contribution in [0.5, 0.6) is 0 Å². The van der Waals surface area contributed by atoms with Gasteiger partial charge in [-0.25, -0.2) is 0 Å². The van der Waals surface area contributed by atoms with Gasteiger partial charge in [-0.05, 0) is 120 Å². The molecular formula is C54H47N. The Morgan fingerprint density at radius 3 is 1.85 bits per heavy atom. The van der Waals surface area contributed by atoms with Crippen LogP contribution in [-0.4, -0.2) is 0 Å². The maximum atomic E-state index is 3.92. The Morgan fingerprint density at radius 1 is 0.436 bits per heavy atom. The summed E-state index contributed by atoms with van der Waals surface area (Å²) in [5.41, 5.74) is 19.9. The highest BCUT2D eigenvalue weighted by Crippen LogP contribution is 2.55. The molecule has 8 aromatic rings. The SMILES string of the molecule is Cc1ccc(-c2cccc3ccccc23)cc1-c1cc(-c2ccccc2Nc2ccccc2-c2ccccc2)c2c(c1)C(C)(C)c1cc(C(C)(C)C)ccc1-2. The highest BCUT2D eigenvalue weighted by molar-refractivity contribution is 6.01. The van der Waals surface area contributed by atoms with Crippen LogP contribution in [-0.2, 0) is 10.8 Å². The first-order valence-electron chi connectivity index (χ1n) is 19.5. The van der Waals surface area contributed by atoms with Gasteiger partial charge >= 0.3 is 0 Å². The largest absolute Gasteiger partial charge is 0.355 e. The highest BCUT2D eigenvalue weighted by atomic mass is 14.9. The van der Waals surface area contributed by atoms with E-state index in [2.05, 4.69) is 217 Å². The van der Waals surface area contributed by atoms with Crippen molar-refractivity contribution in [2.45, 2.75) is 52.4 Å². The molecule has 0 aliphatic heterocycles. The minimum absolute atomic E-state index is 0.0513. The molecular weight excluding hydrogens is 663 g/mol. The monoisotopic (exact) mass is 709 g/mol. The van der Waals surface area contributed by atoms with Crippen molar-refractivity contribution in [3.8, 4) is 55.6 Å². The zero-order chi connectivity index (χ0) is 37.9. The van der Waals surface area contributed by atoms with E-state index in [1.165, 1.54) is 88.7 Å². The van der Waals surface area contributed by atoms with Crippen LogP contribution in [0.3, 0.4) is 0 Å². The Hall–Kier alpha value is -6.18. The summed E-state index contributed by atoms with van der Waals surface area (Å²) in [6.45, 7) is 14.0. The fraction of sp³-hybridized carbons (Fsp3) is 0.148. The molecule has 9 rings (SSSR count). The Morgan fingerprint density at radius 2 is 1.07 bits per heavy atom. The van der Waals surface area contributed by atoms with Gasteiger partial charge in [-0.1, -0.05) is 174 Å². The fourth-order valence-electron chi connectivity index (χ4n) is 8.70. The van der Waals surface area contributed by atoms with Crippen molar-refractivity contribution in [3.05, 3.63) is 192 Å². The van der Waals surface area contributed by atoms with Crippen LogP contribution in [0.4, 0.5) is 11.4 Å². The molecule has 0 saturated carbocycles. The van der Waals surface area contributed by atoms with Gasteiger partial charge in [0, 0.05) is 27.9 Å². The summed E-state index contributed by atoms with van der Waals surface area (Å²) in [7, 11) is 0. The van der Waals surface area contributed by atoms with E-state index in [9.17, 15) is 0 Å². The number of anilines is 2. The van der Waals surface area contributed by atoms with E-state index in [1.54, 1.807) is 0 Å². The van der Waals surface area contributed by atoms with Gasteiger partial charge in [-0.15, -0.1) is 0 Å².